The van der Waals surface area contributed by atoms with E-state index < -0.39 is 5.97 Å². The van der Waals surface area contributed by atoms with Gasteiger partial charge in [-0.25, -0.2) is 0 Å². The Balaban J connectivity index is 0.000000472. The smallest absolute Gasteiger partial charge is 0.303 e. The second kappa shape index (κ2) is 15.7. The van der Waals surface area contributed by atoms with Gasteiger partial charge in [-0.15, -0.1) is 0 Å². The molecule has 3 unspecified atom stereocenters. The maximum Gasteiger partial charge on any atom is 0.303 e. The number of carboxylic acid groups (broad SMARTS) is 1. The van der Waals surface area contributed by atoms with Gasteiger partial charge in [0, 0.05) is 6.42 Å². The summed E-state index contributed by atoms with van der Waals surface area (Å²) in [6, 6.07) is 0. The highest BCUT2D eigenvalue weighted by Crippen LogP contribution is 2.33. The quantitative estimate of drug-likeness (QED) is 0.419. The Kier molecular flexibility index (Phi) is 15.3. The average molecular weight is 357 g/mol. The Hall–Kier alpha value is -0.570. The van der Waals surface area contributed by atoms with Gasteiger partial charge in [0.15, 0.2) is 0 Å². The van der Waals surface area contributed by atoms with E-state index in [9.17, 15) is 9.90 Å². The second-order valence-electron chi connectivity index (χ2n) is 8.37. The standard InChI is InChI=1S/C12H24O2.C10H20O/c1-2-3-4-5-6-7-8-9-10-11-12(13)14;1-7(2)9-5-4-8(3)6-10(9)11/h2-11H2,1H3,(H,13,14);7-11H,4-6H2,1-3H3. The van der Waals surface area contributed by atoms with Crippen molar-refractivity contribution in [2.75, 3.05) is 0 Å². The molecule has 0 aromatic rings. The molecule has 2 N–H and O–H groups in total. The molecule has 1 fully saturated rings. The van der Waals surface area contributed by atoms with Crippen LogP contribution in [-0.4, -0.2) is 22.3 Å². The summed E-state index contributed by atoms with van der Waals surface area (Å²) in [6.45, 7) is 8.89. The molecule has 0 bridgehead atoms. The van der Waals surface area contributed by atoms with Gasteiger partial charge in [0.2, 0.25) is 0 Å². The van der Waals surface area contributed by atoms with E-state index in [1.165, 1.54) is 57.8 Å². The van der Waals surface area contributed by atoms with E-state index in [4.69, 9.17) is 5.11 Å². The van der Waals surface area contributed by atoms with Gasteiger partial charge in [0.25, 0.3) is 0 Å². The van der Waals surface area contributed by atoms with Crippen LogP contribution in [0.2, 0.25) is 0 Å². The first-order chi connectivity index (χ1) is 11.9. The van der Waals surface area contributed by atoms with Crippen LogP contribution in [0.5, 0.6) is 0 Å². The molecule has 0 amide bonds. The maximum atomic E-state index is 10.2. The maximum absolute atomic E-state index is 10.2. The SMILES string of the molecule is CC1CCC(C(C)C)C(O)C1.CCCCCCCCCCCC(=O)O. The molecule has 1 aliphatic carbocycles. The van der Waals surface area contributed by atoms with E-state index in [0.717, 1.165) is 25.2 Å². The van der Waals surface area contributed by atoms with Crippen molar-refractivity contribution in [3.05, 3.63) is 0 Å². The summed E-state index contributed by atoms with van der Waals surface area (Å²) in [5.41, 5.74) is 0. The lowest BCUT2D eigenvalue weighted by molar-refractivity contribution is -0.137. The van der Waals surface area contributed by atoms with Crippen LogP contribution in [-0.2, 0) is 4.79 Å². The first kappa shape index (κ1) is 24.4. The van der Waals surface area contributed by atoms with Crippen LogP contribution in [0.3, 0.4) is 0 Å². The van der Waals surface area contributed by atoms with Crippen LogP contribution in [0.15, 0.2) is 0 Å². The number of hydrogen-bond donors (Lipinski definition) is 2. The lowest BCUT2D eigenvalue weighted by Gasteiger charge is -2.33. The summed E-state index contributed by atoms with van der Waals surface area (Å²) in [5.74, 6) is 1.29. The molecule has 0 aromatic carbocycles. The van der Waals surface area contributed by atoms with Crippen LogP contribution in [0, 0.1) is 17.8 Å². The highest BCUT2D eigenvalue weighted by atomic mass is 16.4. The van der Waals surface area contributed by atoms with Crippen molar-refractivity contribution in [2.24, 2.45) is 17.8 Å². The fraction of sp³-hybridized carbons (Fsp3) is 0.955. The highest BCUT2D eigenvalue weighted by molar-refractivity contribution is 5.66. The fourth-order valence-electron chi connectivity index (χ4n) is 3.74. The summed E-state index contributed by atoms with van der Waals surface area (Å²) in [6.07, 6.45) is 15.0. The Morgan fingerprint density at radius 1 is 0.960 bits per heavy atom. The lowest BCUT2D eigenvalue weighted by atomic mass is 9.75. The van der Waals surface area contributed by atoms with E-state index in [0.29, 0.717) is 18.3 Å². The molecule has 0 heterocycles. The second-order valence-corrected chi connectivity index (χ2v) is 8.37. The zero-order valence-corrected chi connectivity index (χ0v) is 17.3. The Morgan fingerprint density at radius 2 is 1.48 bits per heavy atom. The first-order valence-electron chi connectivity index (χ1n) is 10.8. The highest BCUT2D eigenvalue weighted by Gasteiger charge is 2.28. The Morgan fingerprint density at radius 3 is 1.92 bits per heavy atom. The first-order valence-corrected chi connectivity index (χ1v) is 10.8. The van der Waals surface area contributed by atoms with Crippen molar-refractivity contribution in [2.45, 2.75) is 117 Å². The predicted molar refractivity (Wildman–Crippen MR) is 107 cm³/mol. The van der Waals surface area contributed by atoms with Crippen LogP contribution in [0.25, 0.3) is 0 Å². The Labute approximate surface area is 156 Å². The summed E-state index contributed by atoms with van der Waals surface area (Å²) in [5, 5.41) is 18.1. The third-order valence-corrected chi connectivity index (χ3v) is 5.48. The zero-order chi connectivity index (χ0) is 19.1. The molecule has 150 valence electrons. The summed E-state index contributed by atoms with van der Waals surface area (Å²) in [4.78, 5) is 10.2. The van der Waals surface area contributed by atoms with Gasteiger partial charge in [-0.1, -0.05) is 85.5 Å². The van der Waals surface area contributed by atoms with E-state index in [2.05, 4.69) is 27.7 Å². The van der Waals surface area contributed by atoms with E-state index >= 15 is 0 Å². The van der Waals surface area contributed by atoms with Crippen molar-refractivity contribution < 1.29 is 15.0 Å². The minimum atomic E-state index is -0.659. The van der Waals surface area contributed by atoms with Crippen LogP contribution >= 0.6 is 0 Å². The largest absolute Gasteiger partial charge is 0.481 e. The number of rotatable bonds is 11. The van der Waals surface area contributed by atoms with Gasteiger partial charge in [-0.05, 0) is 37.0 Å². The van der Waals surface area contributed by atoms with Gasteiger partial charge in [0.1, 0.15) is 0 Å². The normalized spacial score (nSPS) is 23.2. The molecule has 0 radical (unpaired) electrons. The van der Waals surface area contributed by atoms with Crippen molar-refractivity contribution in [3.8, 4) is 0 Å². The summed E-state index contributed by atoms with van der Waals surface area (Å²) < 4.78 is 0. The molecular formula is C22H44O3. The Bertz CT molecular complexity index is 314. The molecule has 0 spiro atoms. The molecule has 25 heavy (non-hydrogen) atoms. The molecule has 3 atom stereocenters. The minimum Gasteiger partial charge on any atom is -0.481 e. The van der Waals surface area contributed by atoms with Crippen LogP contribution < -0.4 is 0 Å². The number of carbonyl (C=O) groups is 1. The minimum absolute atomic E-state index is 0.0289. The van der Waals surface area contributed by atoms with Crippen molar-refractivity contribution in [1.82, 2.24) is 0 Å². The van der Waals surface area contributed by atoms with E-state index in [1.54, 1.807) is 0 Å². The van der Waals surface area contributed by atoms with E-state index in [1.807, 2.05) is 0 Å². The third kappa shape index (κ3) is 14.3. The van der Waals surface area contributed by atoms with Gasteiger partial charge in [-0.3, -0.25) is 4.79 Å². The van der Waals surface area contributed by atoms with Gasteiger partial charge < -0.3 is 10.2 Å². The number of aliphatic carboxylic acids is 1. The molecule has 1 aliphatic rings. The monoisotopic (exact) mass is 356 g/mol. The molecule has 0 saturated heterocycles. The predicted octanol–water partition coefficient (Wildman–Crippen LogP) is 6.43. The fourth-order valence-corrected chi connectivity index (χ4v) is 3.74. The van der Waals surface area contributed by atoms with Crippen LogP contribution in [0.1, 0.15) is 111 Å². The molecular weight excluding hydrogens is 312 g/mol. The van der Waals surface area contributed by atoms with E-state index in [-0.39, 0.29) is 6.10 Å². The molecule has 1 rings (SSSR count). The molecule has 0 aromatic heterocycles. The lowest BCUT2D eigenvalue weighted by Crippen LogP contribution is -2.31. The van der Waals surface area contributed by atoms with Crippen molar-refractivity contribution in [3.63, 3.8) is 0 Å². The van der Waals surface area contributed by atoms with Gasteiger partial charge >= 0.3 is 5.97 Å². The molecule has 3 heteroatoms. The van der Waals surface area contributed by atoms with Crippen LogP contribution in [0.4, 0.5) is 0 Å². The number of aliphatic hydroxyl groups is 1. The number of carboxylic acids is 1. The topological polar surface area (TPSA) is 57.5 Å². The van der Waals surface area contributed by atoms with Gasteiger partial charge in [-0.2, -0.15) is 0 Å². The number of hydrogen-bond acceptors (Lipinski definition) is 2. The third-order valence-electron chi connectivity index (χ3n) is 5.48. The molecule has 0 aliphatic heterocycles. The molecule has 3 nitrogen and oxygen atoms in total. The van der Waals surface area contributed by atoms with Crippen molar-refractivity contribution in [1.29, 1.82) is 0 Å². The number of aliphatic hydroxyl groups excluding tert-OH is 1. The summed E-state index contributed by atoms with van der Waals surface area (Å²) >= 11 is 0. The van der Waals surface area contributed by atoms with Crippen molar-refractivity contribution >= 4 is 5.97 Å². The zero-order valence-electron chi connectivity index (χ0n) is 17.3. The molecule has 1 saturated carbocycles. The summed E-state index contributed by atoms with van der Waals surface area (Å²) in [7, 11) is 0. The number of unbranched alkanes of at least 4 members (excludes halogenated alkanes) is 8. The average Bonchev–Trinajstić information content (AvgIpc) is 2.53. The van der Waals surface area contributed by atoms with Gasteiger partial charge in [0.05, 0.1) is 6.10 Å².